The number of halogens is 1. The second-order valence-electron chi connectivity index (χ2n) is 12.6. The van der Waals surface area contributed by atoms with Crippen molar-refractivity contribution < 1.29 is 43.4 Å². The van der Waals surface area contributed by atoms with Crippen LogP contribution < -0.4 is 26.6 Å². The molecule has 3 heterocycles. The van der Waals surface area contributed by atoms with E-state index >= 15 is 0 Å². The van der Waals surface area contributed by atoms with E-state index in [2.05, 4.69) is 42.5 Å². The molecule has 3 aromatic carbocycles. The molecule has 2 aliphatic heterocycles. The number of furan rings is 1. The molecule has 7 N–H and O–H groups in total. The van der Waals surface area contributed by atoms with E-state index in [-0.39, 0.29) is 31.4 Å². The lowest BCUT2D eigenvalue weighted by Gasteiger charge is -2.26. The molecule has 0 saturated carbocycles. The van der Waals surface area contributed by atoms with E-state index in [1.165, 1.54) is 18.4 Å². The summed E-state index contributed by atoms with van der Waals surface area (Å²) in [5, 5.41) is 33.7. The fraction of sp³-hybridized carbons (Fsp3) is 0.263. The summed E-state index contributed by atoms with van der Waals surface area (Å²) in [4.78, 5) is 80.2. The van der Waals surface area contributed by atoms with Crippen molar-refractivity contribution in [1.82, 2.24) is 21.3 Å². The summed E-state index contributed by atoms with van der Waals surface area (Å²) in [5.41, 5.74) is 2.09. The van der Waals surface area contributed by atoms with E-state index in [4.69, 9.17) is 4.42 Å². The Kier molecular flexibility index (Phi) is 13.1. The zero-order valence-electron chi connectivity index (χ0n) is 28.3. The lowest BCUT2D eigenvalue weighted by molar-refractivity contribution is -0.142. The molecule has 2 aliphatic rings. The predicted octanol–water partition coefficient (Wildman–Crippen LogP) is 2.04. The number of fused-ring (bicyclic) bond motifs is 18. The molecule has 0 spiro atoms. The van der Waals surface area contributed by atoms with Gasteiger partial charge in [-0.25, -0.2) is 4.79 Å². The van der Waals surface area contributed by atoms with Gasteiger partial charge in [-0.1, -0.05) is 70.5 Å². The lowest BCUT2D eigenvalue weighted by atomic mass is 10.0. The molecule has 276 valence electrons. The number of benzene rings is 3. The summed E-state index contributed by atoms with van der Waals surface area (Å²) in [7, 11) is 0. The summed E-state index contributed by atoms with van der Waals surface area (Å²) in [6.07, 6.45) is -1.38. The molecular weight excluding hydrogens is 750 g/mol. The first-order chi connectivity index (χ1) is 25.4. The first kappa shape index (κ1) is 38.4. The van der Waals surface area contributed by atoms with Gasteiger partial charge in [-0.05, 0) is 53.1 Å². The molecule has 1 aromatic heterocycles. The molecule has 5 atom stereocenters. The Balaban J connectivity index is 1.51. The zero-order valence-corrected chi connectivity index (χ0v) is 29.9. The second kappa shape index (κ2) is 18.1. The Bertz CT molecular complexity index is 1900. The average molecular weight is 789 g/mol. The number of carboxylic acids is 1. The van der Waals surface area contributed by atoms with E-state index in [0.717, 1.165) is 4.47 Å². The molecule has 0 fully saturated rings. The minimum absolute atomic E-state index is 0.000220. The molecule has 6 rings (SSSR count). The highest BCUT2D eigenvalue weighted by atomic mass is 79.9. The molecule has 5 amide bonds. The molecule has 0 aliphatic carbocycles. The Morgan fingerprint density at radius 1 is 0.660 bits per heavy atom. The van der Waals surface area contributed by atoms with Crippen LogP contribution in [0.25, 0.3) is 0 Å². The number of carbonyl (C=O) groups excluding carboxylic acids is 5. The van der Waals surface area contributed by atoms with Gasteiger partial charge in [-0.3, -0.25) is 24.0 Å². The number of amides is 5. The largest absolute Gasteiger partial charge is 0.480 e. The third kappa shape index (κ3) is 11.3. The summed E-state index contributed by atoms with van der Waals surface area (Å²) in [5.74, 6) is -5.00. The first-order valence-electron chi connectivity index (χ1n) is 16.8. The van der Waals surface area contributed by atoms with Gasteiger partial charge in [0.15, 0.2) is 0 Å². The number of rotatable bonds is 7. The Labute approximate surface area is 312 Å². The van der Waals surface area contributed by atoms with E-state index in [1.807, 2.05) is 0 Å². The molecule has 2 bridgehead atoms. The van der Waals surface area contributed by atoms with E-state index < -0.39 is 72.2 Å². The van der Waals surface area contributed by atoms with Crippen LogP contribution in [0.5, 0.6) is 0 Å². The highest BCUT2D eigenvalue weighted by Gasteiger charge is 2.33. The highest BCUT2D eigenvalue weighted by Crippen LogP contribution is 2.16. The van der Waals surface area contributed by atoms with Crippen LogP contribution in [0.3, 0.4) is 0 Å². The van der Waals surface area contributed by atoms with Gasteiger partial charge in [-0.15, -0.1) is 0 Å². The topological polar surface area (TPSA) is 216 Å². The van der Waals surface area contributed by atoms with E-state index in [1.54, 1.807) is 78.9 Å². The number of aliphatic hydroxyl groups excluding tert-OH is 1. The number of aliphatic hydroxyl groups is 1. The number of carbonyl (C=O) groups is 6. The van der Waals surface area contributed by atoms with Crippen LogP contribution in [0.2, 0.25) is 0 Å². The van der Waals surface area contributed by atoms with Gasteiger partial charge in [-0.2, -0.15) is 0 Å². The van der Waals surface area contributed by atoms with Gasteiger partial charge in [0, 0.05) is 35.8 Å². The van der Waals surface area contributed by atoms with Crippen molar-refractivity contribution in [3.63, 3.8) is 0 Å². The zero-order chi connectivity index (χ0) is 37.9. The maximum atomic E-state index is 14.1. The fourth-order valence-electron chi connectivity index (χ4n) is 5.69. The van der Waals surface area contributed by atoms with Crippen LogP contribution in [0, 0.1) is 0 Å². The molecule has 0 radical (unpaired) electrons. The fourth-order valence-corrected chi connectivity index (χ4v) is 5.95. The third-order valence-electron chi connectivity index (χ3n) is 8.50. The second-order valence-corrected chi connectivity index (χ2v) is 13.5. The summed E-state index contributed by atoms with van der Waals surface area (Å²) < 4.78 is 6.22. The number of carboxylic acid groups (broad SMARTS) is 1. The van der Waals surface area contributed by atoms with Crippen LogP contribution in [-0.2, 0) is 54.5 Å². The standard InChI is InChI=1S/C38H38BrN5O9/c39-25-12-8-23(9-13-25)18-29-35(48)43-30(20-27-7-4-16-53-27)36(49)44-31(38(51)52)19-24-10-14-26(15-11-24)40-37(50)32(45)21-33(46)41-28(34(47)42-29)17-22-5-2-1-3-6-22/h1-16,28-32,45H,17-21H2,(H,40,50)(H,41,46)(H,42,47)(H,43,48)(H,44,49)(H,51,52). The number of aliphatic carboxylic acids is 1. The Morgan fingerprint density at radius 3 is 1.85 bits per heavy atom. The summed E-state index contributed by atoms with van der Waals surface area (Å²) in [6, 6.07) is 19.8. The van der Waals surface area contributed by atoms with Crippen LogP contribution in [-0.4, -0.2) is 76.0 Å². The van der Waals surface area contributed by atoms with Gasteiger partial charge in [0.25, 0.3) is 5.91 Å². The van der Waals surface area contributed by atoms with Gasteiger partial charge in [0.05, 0.1) is 12.7 Å². The highest BCUT2D eigenvalue weighted by molar-refractivity contribution is 9.10. The molecule has 15 heteroatoms. The summed E-state index contributed by atoms with van der Waals surface area (Å²) >= 11 is 3.38. The molecule has 4 aromatic rings. The van der Waals surface area contributed by atoms with Crippen LogP contribution >= 0.6 is 15.9 Å². The number of hydrogen-bond acceptors (Lipinski definition) is 8. The van der Waals surface area contributed by atoms with Crippen molar-refractivity contribution in [2.45, 2.75) is 62.4 Å². The van der Waals surface area contributed by atoms with Crippen LogP contribution in [0.15, 0.2) is 106 Å². The number of nitrogens with one attached hydrogen (secondary N) is 5. The monoisotopic (exact) mass is 787 g/mol. The van der Waals surface area contributed by atoms with Crippen LogP contribution in [0.1, 0.15) is 28.9 Å². The minimum atomic E-state index is -1.78. The SMILES string of the molecule is O=C1CC(O)C(=O)Nc2ccc(cc2)CC(C(=O)O)NC(=O)C(Cc2ccco2)NC(=O)C(Cc2ccc(Br)cc2)NC(=O)C(Cc2ccccc2)N1. The number of hydrogen-bond donors (Lipinski definition) is 7. The van der Waals surface area contributed by atoms with Crippen molar-refractivity contribution in [2.75, 3.05) is 5.32 Å². The van der Waals surface area contributed by atoms with Gasteiger partial charge in [0.2, 0.25) is 23.6 Å². The van der Waals surface area contributed by atoms with Crippen molar-refractivity contribution in [3.05, 3.63) is 124 Å². The molecular formula is C38H38BrN5O9. The van der Waals surface area contributed by atoms with Gasteiger partial charge >= 0.3 is 5.97 Å². The van der Waals surface area contributed by atoms with E-state index in [0.29, 0.717) is 22.5 Å². The van der Waals surface area contributed by atoms with E-state index in [9.17, 15) is 39.0 Å². The predicted molar refractivity (Wildman–Crippen MR) is 195 cm³/mol. The van der Waals surface area contributed by atoms with Gasteiger partial charge < -0.3 is 41.2 Å². The smallest absolute Gasteiger partial charge is 0.326 e. The molecule has 53 heavy (non-hydrogen) atoms. The molecule has 14 nitrogen and oxygen atoms in total. The maximum absolute atomic E-state index is 14.1. The van der Waals surface area contributed by atoms with Crippen molar-refractivity contribution >= 4 is 57.1 Å². The maximum Gasteiger partial charge on any atom is 0.326 e. The quantitative estimate of drug-likeness (QED) is 0.136. The minimum Gasteiger partial charge on any atom is -0.480 e. The third-order valence-corrected chi connectivity index (χ3v) is 9.02. The first-order valence-corrected chi connectivity index (χ1v) is 17.5. The molecule has 0 saturated heterocycles. The van der Waals surface area contributed by atoms with Crippen molar-refractivity contribution in [3.8, 4) is 0 Å². The Hall–Kier alpha value is -5.80. The summed E-state index contributed by atoms with van der Waals surface area (Å²) in [6.45, 7) is 0. The number of anilines is 1. The van der Waals surface area contributed by atoms with Crippen molar-refractivity contribution in [1.29, 1.82) is 0 Å². The van der Waals surface area contributed by atoms with Crippen molar-refractivity contribution in [2.24, 2.45) is 0 Å². The molecule has 5 unspecified atom stereocenters. The lowest BCUT2D eigenvalue weighted by Crippen LogP contribution is -2.59. The Morgan fingerprint density at radius 2 is 1.25 bits per heavy atom. The normalized spacial score (nSPS) is 22.0. The van der Waals surface area contributed by atoms with Gasteiger partial charge in [0.1, 0.15) is 36.0 Å². The average Bonchev–Trinajstić information content (AvgIpc) is 3.65. The van der Waals surface area contributed by atoms with Crippen LogP contribution in [0.4, 0.5) is 5.69 Å².